The number of hydrogen-bond acceptors (Lipinski definition) is 9. The normalized spacial score (nSPS) is 11.3. The van der Waals surface area contributed by atoms with Gasteiger partial charge in [-0.2, -0.15) is 4.37 Å². The Hall–Kier alpha value is -3.79. The van der Waals surface area contributed by atoms with E-state index in [1.807, 2.05) is 64.1 Å². The molecule has 0 atom stereocenters. The van der Waals surface area contributed by atoms with Crippen LogP contribution in [0.2, 0.25) is 0 Å². The van der Waals surface area contributed by atoms with E-state index in [1.54, 1.807) is 6.07 Å². The summed E-state index contributed by atoms with van der Waals surface area (Å²) in [6.45, 7) is 8.19. The van der Waals surface area contributed by atoms with E-state index in [1.165, 1.54) is 17.9 Å². The molecule has 0 saturated carbocycles. The Bertz CT molecular complexity index is 1290. The Morgan fingerprint density at radius 1 is 1.06 bits per heavy atom. The predicted octanol–water partition coefficient (Wildman–Crippen LogP) is 4.58. The number of hydrogen-bond donors (Lipinski definition) is 2. The molecule has 2 heterocycles. The first-order valence-electron chi connectivity index (χ1n) is 10.8. The summed E-state index contributed by atoms with van der Waals surface area (Å²) < 4.78 is 15.4. The number of anilines is 2. The van der Waals surface area contributed by atoms with Gasteiger partial charge in [0.05, 0.1) is 12.1 Å². The molecule has 0 aliphatic rings. The van der Waals surface area contributed by atoms with Crippen molar-refractivity contribution in [3.05, 3.63) is 48.8 Å². The Morgan fingerprint density at radius 3 is 2.62 bits per heavy atom. The van der Waals surface area contributed by atoms with E-state index in [9.17, 15) is 4.79 Å². The Kier molecular flexibility index (Phi) is 6.87. The summed E-state index contributed by atoms with van der Waals surface area (Å²) in [6, 6.07) is 13.0. The first kappa shape index (κ1) is 23.4. The lowest BCUT2D eigenvalue weighted by atomic mass is 10.1. The van der Waals surface area contributed by atoms with Gasteiger partial charge >= 0.3 is 0 Å². The quantitative estimate of drug-likeness (QED) is 0.378. The maximum absolute atomic E-state index is 12.1. The van der Waals surface area contributed by atoms with Gasteiger partial charge in [0, 0.05) is 28.0 Å². The molecule has 2 aromatic carbocycles. The maximum Gasteiger partial charge on any atom is 0.258 e. The third-order valence-corrected chi connectivity index (χ3v) is 5.12. The molecule has 34 heavy (non-hydrogen) atoms. The minimum Gasteiger partial charge on any atom is -0.494 e. The number of ether oxygens (including phenoxy) is 2. The highest BCUT2D eigenvalue weighted by atomic mass is 32.1. The van der Waals surface area contributed by atoms with Crippen LogP contribution in [0.3, 0.4) is 0 Å². The third kappa shape index (κ3) is 5.96. The van der Waals surface area contributed by atoms with E-state index < -0.39 is 0 Å². The molecular weight excluding hydrogens is 452 g/mol. The first-order chi connectivity index (χ1) is 16.3. The number of fused-ring (bicyclic) bond motifs is 1. The van der Waals surface area contributed by atoms with Crippen LogP contribution in [0.25, 0.3) is 22.3 Å². The molecule has 2 N–H and O–H groups in total. The molecule has 0 saturated heterocycles. The highest BCUT2D eigenvalue weighted by Crippen LogP contribution is 2.31. The number of carbonyl (C=O) groups is 1. The average Bonchev–Trinajstić information content (AvgIpc) is 3.30. The zero-order valence-electron chi connectivity index (χ0n) is 19.5. The fourth-order valence-corrected chi connectivity index (χ4v) is 3.68. The number of carbonyl (C=O) groups excluding carboxylic acids is 1. The predicted molar refractivity (Wildman–Crippen MR) is 133 cm³/mol. The molecule has 4 aromatic rings. The van der Waals surface area contributed by atoms with E-state index in [-0.39, 0.29) is 18.1 Å². The van der Waals surface area contributed by atoms with E-state index >= 15 is 0 Å². The van der Waals surface area contributed by atoms with Gasteiger partial charge in [-0.15, -0.1) is 0 Å². The number of nitrogens with one attached hydrogen (secondary N) is 2. The summed E-state index contributed by atoms with van der Waals surface area (Å²) in [4.78, 5) is 25.8. The molecule has 0 aliphatic carbocycles. The van der Waals surface area contributed by atoms with Crippen molar-refractivity contribution in [3.8, 4) is 22.9 Å². The molecule has 0 unspecified atom stereocenters. The topological polar surface area (TPSA) is 111 Å². The summed E-state index contributed by atoms with van der Waals surface area (Å²) in [6.07, 6.45) is 1.49. The van der Waals surface area contributed by atoms with Crippen molar-refractivity contribution in [1.29, 1.82) is 0 Å². The van der Waals surface area contributed by atoms with Crippen LogP contribution in [0.5, 0.6) is 11.5 Å². The first-order valence-corrected chi connectivity index (χ1v) is 11.6. The zero-order chi connectivity index (χ0) is 24.1. The number of nitrogens with zero attached hydrogens (tertiary/aromatic N) is 4. The van der Waals surface area contributed by atoms with Crippen LogP contribution >= 0.6 is 11.5 Å². The molecule has 9 nitrogen and oxygen atoms in total. The standard InChI is InChI=1S/C24H26N6O3S/c1-5-32-17-9-10-19-18(12-17)22(29-23-25-14-26-34-23)28-21(27-19)15-7-6-8-16(11-15)33-13-20(31)30-24(2,3)4/h6-12,14H,5,13H2,1-4H3,(H,30,31)(H,25,26,27,28,29). The molecule has 0 spiro atoms. The van der Waals surface area contributed by atoms with Gasteiger partial charge in [0.25, 0.3) is 5.91 Å². The molecule has 2 aromatic heterocycles. The molecule has 0 radical (unpaired) electrons. The van der Waals surface area contributed by atoms with Crippen molar-refractivity contribution in [2.75, 3.05) is 18.5 Å². The molecule has 0 bridgehead atoms. The molecule has 176 valence electrons. The summed E-state index contributed by atoms with van der Waals surface area (Å²) in [7, 11) is 0. The summed E-state index contributed by atoms with van der Waals surface area (Å²) in [5.41, 5.74) is 1.18. The van der Waals surface area contributed by atoms with Crippen LogP contribution in [0.15, 0.2) is 48.8 Å². The smallest absolute Gasteiger partial charge is 0.258 e. The van der Waals surface area contributed by atoms with Gasteiger partial charge in [0.1, 0.15) is 23.6 Å². The highest BCUT2D eigenvalue weighted by molar-refractivity contribution is 7.09. The van der Waals surface area contributed by atoms with Gasteiger partial charge in [0.2, 0.25) is 5.13 Å². The molecule has 0 aliphatic heterocycles. The van der Waals surface area contributed by atoms with Crippen LogP contribution in [0, 0.1) is 0 Å². The number of aromatic nitrogens is 4. The highest BCUT2D eigenvalue weighted by Gasteiger charge is 2.15. The lowest BCUT2D eigenvalue weighted by molar-refractivity contribution is -0.124. The van der Waals surface area contributed by atoms with E-state index in [2.05, 4.69) is 20.0 Å². The maximum atomic E-state index is 12.1. The lowest BCUT2D eigenvalue weighted by Crippen LogP contribution is -2.43. The fraction of sp³-hybridized carbons (Fsp3) is 0.292. The van der Waals surface area contributed by atoms with Crippen molar-refractivity contribution < 1.29 is 14.3 Å². The van der Waals surface area contributed by atoms with Gasteiger partial charge in [-0.1, -0.05) is 12.1 Å². The molecule has 4 rings (SSSR count). The van der Waals surface area contributed by atoms with Gasteiger partial charge in [0.15, 0.2) is 12.4 Å². The fourth-order valence-electron chi connectivity index (χ4n) is 3.25. The van der Waals surface area contributed by atoms with Crippen LogP contribution in [0.1, 0.15) is 27.7 Å². The van der Waals surface area contributed by atoms with Crippen LogP contribution < -0.4 is 20.1 Å². The SMILES string of the molecule is CCOc1ccc2nc(-c3cccc(OCC(=O)NC(C)(C)C)c3)nc(Nc3ncns3)c2c1. The van der Waals surface area contributed by atoms with Gasteiger partial charge in [-0.3, -0.25) is 4.79 Å². The van der Waals surface area contributed by atoms with Gasteiger partial charge in [-0.25, -0.2) is 15.0 Å². The molecule has 10 heteroatoms. The third-order valence-electron chi connectivity index (χ3n) is 4.54. The largest absolute Gasteiger partial charge is 0.494 e. The second-order valence-electron chi connectivity index (χ2n) is 8.49. The Labute approximate surface area is 201 Å². The lowest BCUT2D eigenvalue weighted by Gasteiger charge is -2.20. The number of benzene rings is 2. The van der Waals surface area contributed by atoms with E-state index in [0.717, 1.165) is 22.2 Å². The second kappa shape index (κ2) is 10.0. The van der Waals surface area contributed by atoms with Crippen molar-refractivity contribution in [2.45, 2.75) is 33.2 Å². The van der Waals surface area contributed by atoms with Crippen LogP contribution in [-0.4, -0.2) is 44.0 Å². The molecule has 1 amide bonds. The van der Waals surface area contributed by atoms with Gasteiger partial charge in [-0.05, 0) is 58.0 Å². The van der Waals surface area contributed by atoms with Crippen molar-refractivity contribution >= 4 is 39.3 Å². The average molecular weight is 479 g/mol. The van der Waals surface area contributed by atoms with Crippen molar-refractivity contribution in [2.24, 2.45) is 0 Å². The molecular formula is C24H26N6O3S. The van der Waals surface area contributed by atoms with Crippen LogP contribution in [0.4, 0.5) is 10.9 Å². The summed E-state index contributed by atoms with van der Waals surface area (Å²) in [5.74, 6) is 2.20. The monoisotopic (exact) mass is 478 g/mol. The second-order valence-corrected chi connectivity index (χ2v) is 9.27. The van der Waals surface area contributed by atoms with Gasteiger partial charge < -0.3 is 20.1 Å². The minimum atomic E-state index is -0.320. The van der Waals surface area contributed by atoms with Crippen molar-refractivity contribution in [3.63, 3.8) is 0 Å². The van der Waals surface area contributed by atoms with Crippen LogP contribution in [-0.2, 0) is 4.79 Å². The zero-order valence-corrected chi connectivity index (χ0v) is 20.3. The Morgan fingerprint density at radius 2 is 1.88 bits per heavy atom. The Balaban J connectivity index is 1.65. The summed E-state index contributed by atoms with van der Waals surface area (Å²) >= 11 is 1.24. The van der Waals surface area contributed by atoms with E-state index in [4.69, 9.17) is 19.4 Å². The minimum absolute atomic E-state index is 0.0800. The number of amides is 1. The summed E-state index contributed by atoms with van der Waals surface area (Å²) in [5, 5.41) is 7.54. The van der Waals surface area contributed by atoms with Crippen molar-refractivity contribution in [1.82, 2.24) is 24.6 Å². The van der Waals surface area contributed by atoms with E-state index in [0.29, 0.717) is 29.1 Å². The number of rotatable bonds is 8. The molecule has 0 fully saturated rings.